The third-order valence-electron chi connectivity index (χ3n) is 2.47. The monoisotopic (exact) mass is 248 g/mol. The van der Waals surface area contributed by atoms with E-state index in [2.05, 4.69) is 15.5 Å². The summed E-state index contributed by atoms with van der Waals surface area (Å²) in [7, 11) is 1.50. The number of rotatable bonds is 4. The second kappa shape index (κ2) is 4.80. The first-order valence-electron chi connectivity index (χ1n) is 5.09. The van der Waals surface area contributed by atoms with Crippen LogP contribution in [0.1, 0.15) is 11.6 Å². The Bertz CT molecular complexity index is 554. The first kappa shape index (κ1) is 12.0. The van der Waals surface area contributed by atoms with Crippen LogP contribution in [-0.4, -0.2) is 33.2 Å². The Hall–Kier alpha value is -2.48. The fraction of sp³-hybridized carbons (Fsp3) is 0.200. The molecule has 0 bridgehead atoms. The second-order valence-corrected chi connectivity index (χ2v) is 3.57. The number of nitrogens with zero attached hydrogens (tertiary/aromatic N) is 4. The summed E-state index contributed by atoms with van der Waals surface area (Å²) in [6.07, 6.45) is 1.44. The highest BCUT2D eigenvalue weighted by Gasteiger charge is 2.15. The highest BCUT2D eigenvalue weighted by atomic mass is 16.5. The van der Waals surface area contributed by atoms with Crippen LogP contribution in [0.25, 0.3) is 5.69 Å². The Labute approximate surface area is 103 Å². The van der Waals surface area contributed by atoms with Crippen molar-refractivity contribution < 1.29 is 9.53 Å². The highest BCUT2D eigenvalue weighted by Crippen LogP contribution is 2.25. The van der Waals surface area contributed by atoms with E-state index >= 15 is 0 Å². The van der Waals surface area contributed by atoms with E-state index in [0.29, 0.717) is 17.0 Å². The average Bonchev–Trinajstić information content (AvgIpc) is 2.90. The van der Waals surface area contributed by atoms with Gasteiger partial charge in [-0.05, 0) is 28.1 Å². The van der Waals surface area contributed by atoms with Crippen molar-refractivity contribution >= 4 is 5.91 Å². The van der Waals surface area contributed by atoms with Crippen LogP contribution >= 0.6 is 0 Å². The number of hydrogen-bond donors (Lipinski definition) is 2. The molecule has 0 saturated heterocycles. The number of carbonyl (C=O) groups excluding carboxylic acids is 1. The van der Waals surface area contributed by atoms with Gasteiger partial charge in [-0.25, -0.2) is 0 Å². The third-order valence-corrected chi connectivity index (χ3v) is 2.47. The Morgan fingerprint density at radius 2 is 2.28 bits per heavy atom. The number of methoxy groups -OCH3 is 1. The summed E-state index contributed by atoms with van der Waals surface area (Å²) < 4.78 is 6.66. The predicted molar refractivity (Wildman–Crippen MR) is 61.8 cm³/mol. The van der Waals surface area contributed by atoms with Gasteiger partial charge in [0.25, 0.3) is 0 Å². The van der Waals surface area contributed by atoms with Crippen molar-refractivity contribution in [3.05, 3.63) is 30.1 Å². The molecule has 4 N–H and O–H groups in total. The molecule has 8 nitrogen and oxygen atoms in total. The van der Waals surface area contributed by atoms with E-state index in [1.54, 1.807) is 18.2 Å². The van der Waals surface area contributed by atoms with Crippen molar-refractivity contribution in [2.45, 2.75) is 6.04 Å². The van der Waals surface area contributed by atoms with E-state index in [-0.39, 0.29) is 0 Å². The number of amides is 1. The molecule has 1 atom stereocenters. The summed E-state index contributed by atoms with van der Waals surface area (Å²) in [5, 5.41) is 10.8. The van der Waals surface area contributed by atoms with Crippen LogP contribution in [-0.2, 0) is 4.79 Å². The predicted octanol–water partition coefficient (Wildman–Crippen LogP) is -0.844. The number of benzene rings is 1. The van der Waals surface area contributed by atoms with Crippen molar-refractivity contribution in [1.82, 2.24) is 20.2 Å². The molecule has 0 aliphatic rings. The van der Waals surface area contributed by atoms with Crippen LogP contribution in [0.15, 0.2) is 24.5 Å². The molecule has 0 fully saturated rings. The average molecular weight is 248 g/mol. The molecule has 18 heavy (non-hydrogen) atoms. The molecule has 0 aliphatic carbocycles. The van der Waals surface area contributed by atoms with Crippen molar-refractivity contribution in [2.24, 2.45) is 11.5 Å². The van der Waals surface area contributed by atoms with Gasteiger partial charge in [-0.1, -0.05) is 6.07 Å². The lowest BCUT2D eigenvalue weighted by molar-refractivity contribution is -0.119. The molecule has 2 rings (SSSR count). The van der Waals surface area contributed by atoms with Gasteiger partial charge in [-0.2, -0.15) is 4.68 Å². The van der Waals surface area contributed by atoms with Crippen molar-refractivity contribution in [3.63, 3.8) is 0 Å². The van der Waals surface area contributed by atoms with Gasteiger partial charge >= 0.3 is 0 Å². The smallest absolute Gasteiger partial charge is 0.238 e. The third kappa shape index (κ3) is 2.13. The lowest BCUT2D eigenvalue weighted by Crippen LogP contribution is -2.28. The summed E-state index contributed by atoms with van der Waals surface area (Å²) in [6.45, 7) is 0. The zero-order valence-electron chi connectivity index (χ0n) is 9.65. The largest absolute Gasteiger partial charge is 0.494 e. The van der Waals surface area contributed by atoms with Crippen LogP contribution in [0.2, 0.25) is 0 Å². The normalized spacial score (nSPS) is 12.1. The Morgan fingerprint density at radius 1 is 1.50 bits per heavy atom. The van der Waals surface area contributed by atoms with E-state index in [1.165, 1.54) is 18.1 Å². The molecule has 0 radical (unpaired) electrons. The van der Waals surface area contributed by atoms with Crippen molar-refractivity contribution in [1.29, 1.82) is 0 Å². The lowest BCUT2D eigenvalue weighted by Gasteiger charge is -2.12. The first-order chi connectivity index (χ1) is 8.63. The minimum atomic E-state index is -0.873. The van der Waals surface area contributed by atoms with Gasteiger partial charge in [0, 0.05) is 0 Å². The molecule has 2 aromatic rings. The molecular formula is C10H12N6O2. The van der Waals surface area contributed by atoms with Gasteiger partial charge in [0.15, 0.2) is 0 Å². The van der Waals surface area contributed by atoms with Crippen LogP contribution < -0.4 is 16.2 Å². The van der Waals surface area contributed by atoms with Gasteiger partial charge in [-0.3, -0.25) is 4.79 Å². The molecule has 1 aromatic heterocycles. The van der Waals surface area contributed by atoms with Crippen LogP contribution in [0.5, 0.6) is 5.75 Å². The second-order valence-electron chi connectivity index (χ2n) is 3.57. The summed E-state index contributed by atoms with van der Waals surface area (Å²) in [4.78, 5) is 11.0. The van der Waals surface area contributed by atoms with Crippen molar-refractivity contribution in [3.8, 4) is 11.4 Å². The number of aromatic nitrogens is 4. The van der Waals surface area contributed by atoms with Gasteiger partial charge < -0.3 is 16.2 Å². The Morgan fingerprint density at radius 3 is 2.83 bits per heavy atom. The van der Waals surface area contributed by atoms with Gasteiger partial charge in [0.1, 0.15) is 23.8 Å². The number of carbonyl (C=O) groups is 1. The number of tetrazole rings is 1. The van der Waals surface area contributed by atoms with Gasteiger partial charge in [0.2, 0.25) is 5.91 Å². The maximum absolute atomic E-state index is 11.0. The number of nitrogens with two attached hydrogens (primary N) is 2. The van der Waals surface area contributed by atoms with Gasteiger partial charge in [0.05, 0.1) is 7.11 Å². The molecule has 1 aromatic carbocycles. The van der Waals surface area contributed by atoms with E-state index < -0.39 is 11.9 Å². The zero-order valence-corrected chi connectivity index (χ0v) is 9.65. The van der Waals surface area contributed by atoms with Crippen LogP contribution in [0.3, 0.4) is 0 Å². The summed E-state index contributed by atoms with van der Waals surface area (Å²) in [5.74, 6) is -0.108. The minimum Gasteiger partial charge on any atom is -0.494 e. The molecule has 0 spiro atoms. The fourth-order valence-corrected chi connectivity index (χ4v) is 1.51. The maximum Gasteiger partial charge on any atom is 0.238 e. The summed E-state index contributed by atoms with van der Waals surface area (Å²) in [6, 6.07) is 4.14. The zero-order chi connectivity index (χ0) is 13.1. The molecule has 94 valence electrons. The topological polar surface area (TPSA) is 122 Å². The first-order valence-corrected chi connectivity index (χ1v) is 5.09. The highest BCUT2D eigenvalue weighted by molar-refractivity contribution is 5.81. The SMILES string of the molecule is COc1cc(C(N)C(N)=O)ccc1-n1cnnn1. The molecule has 1 amide bonds. The quantitative estimate of drug-likeness (QED) is 0.727. The van der Waals surface area contributed by atoms with Gasteiger partial charge in [-0.15, -0.1) is 5.10 Å². The maximum atomic E-state index is 11.0. The van der Waals surface area contributed by atoms with Crippen LogP contribution in [0.4, 0.5) is 0 Å². The Balaban J connectivity index is 2.44. The van der Waals surface area contributed by atoms with E-state index in [0.717, 1.165) is 0 Å². The number of ether oxygens (including phenoxy) is 1. The standard InChI is InChI=1S/C10H12N6O2/c1-18-8-4-6(9(11)10(12)17)2-3-7(8)16-5-13-14-15-16/h2-5,9H,11H2,1H3,(H2,12,17). The molecule has 1 unspecified atom stereocenters. The lowest BCUT2D eigenvalue weighted by atomic mass is 10.1. The molecule has 0 aliphatic heterocycles. The van der Waals surface area contributed by atoms with E-state index in [4.69, 9.17) is 16.2 Å². The Kier molecular flexibility index (Phi) is 3.20. The van der Waals surface area contributed by atoms with E-state index in [1.807, 2.05) is 0 Å². The molecular weight excluding hydrogens is 236 g/mol. The van der Waals surface area contributed by atoms with E-state index in [9.17, 15) is 4.79 Å². The number of primary amides is 1. The fourth-order valence-electron chi connectivity index (χ4n) is 1.51. The number of hydrogen-bond acceptors (Lipinski definition) is 6. The summed E-state index contributed by atoms with van der Waals surface area (Å²) >= 11 is 0. The molecule has 1 heterocycles. The minimum absolute atomic E-state index is 0.497. The molecule has 8 heteroatoms. The summed E-state index contributed by atoms with van der Waals surface area (Å²) in [5.41, 5.74) is 12.0. The molecule has 0 saturated carbocycles. The van der Waals surface area contributed by atoms with Crippen LogP contribution in [0, 0.1) is 0 Å². The van der Waals surface area contributed by atoms with Crippen molar-refractivity contribution in [2.75, 3.05) is 7.11 Å².